The zero-order chi connectivity index (χ0) is 34.1. The number of phenols is 1. The SMILES string of the molecule is COC(=O)N1C(=O)C2CC=C3C(CC4C(=O)N(Nc5ccc(Cl)cc5Cl)C(=O)C4(c4ccc(OC)cc4)C3c3ccc(O)cc3)C2C1=O. The number of carbonyl (C=O) groups excluding carboxylic acids is 5. The Morgan fingerprint density at radius 3 is 2.27 bits per heavy atom. The third-order valence-electron chi connectivity index (χ3n) is 10.2. The fourth-order valence-corrected chi connectivity index (χ4v) is 8.61. The fourth-order valence-electron chi connectivity index (χ4n) is 8.16. The van der Waals surface area contributed by atoms with Gasteiger partial charge in [-0.05, 0) is 72.4 Å². The van der Waals surface area contributed by atoms with Gasteiger partial charge in [0.1, 0.15) is 11.5 Å². The van der Waals surface area contributed by atoms with E-state index in [-0.39, 0.29) is 29.3 Å². The lowest BCUT2D eigenvalue weighted by atomic mass is 9.49. The Bertz CT molecular complexity index is 1910. The molecule has 13 heteroatoms. The molecule has 0 spiro atoms. The zero-order valence-corrected chi connectivity index (χ0v) is 27.2. The molecule has 0 radical (unpaired) electrons. The molecule has 0 bridgehead atoms. The van der Waals surface area contributed by atoms with Crippen LogP contribution in [0.5, 0.6) is 11.5 Å². The molecule has 5 amide bonds. The molecular weight excluding hydrogens is 661 g/mol. The number of methoxy groups -OCH3 is 2. The summed E-state index contributed by atoms with van der Waals surface area (Å²) in [7, 11) is 2.61. The summed E-state index contributed by atoms with van der Waals surface area (Å²) in [6, 6.07) is 17.9. The number of likely N-dealkylation sites (tertiary alicyclic amines) is 1. The van der Waals surface area contributed by atoms with Gasteiger partial charge in [0.2, 0.25) is 11.8 Å². The van der Waals surface area contributed by atoms with E-state index >= 15 is 4.79 Å². The quantitative estimate of drug-likeness (QED) is 0.264. The largest absolute Gasteiger partial charge is 0.508 e. The maximum absolute atomic E-state index is 15.1. The second-order valence-electron chi connectivity index (χ2n) is 12.3. The molecule has 0 aromatic heterocycles. The topological polar surface area (TPSA) is 143 Å². The molecule has 246 valence electrons. The van der Waals surface area contributed by atoms with Crippen molar-refractivity contribution in [2.45, 2.75) is 24.2 Å². The standard InChI is InChI=1S/C35H29Cl2N3O8/c1-47-21-10-5-18(6-11-21)35-25(31(43)40(33(35)45)38-27-14-7-19(36)15-26(27)37)16-24-22(29(35)17-3-8-20(41)9-4-17)12-13-23-28(24)32(44)39(30(23)42)34(46)48-2/h3-12,14-15,23-25,28-29,38,41H,13,16H2,1-2H3. The number of allylic oxidation sites excluding steroid dienone is 2. The molecule has 2 aliphatic heterocycles. The van der Waals surface area contributed by atoms with Gasteiger partial charge in [0, 0.05) is 10.9 Å². The minimum atomic E-state index is -1.55. The fraction of sp³-hybridized carbons (Fsp3) is 0.286. The summed E-state index contributed by atoms with van der Waals surface area (Å²) < 4.78 is 10.2. The highest BCUT2D eigenvalue weighted by atomic mass is 35.5. The van der Waals surface area contributed by atoms with Crippen LogP contribution in [0, 0.1) is 23.7 Å². The normalized spacial score (nSPS) is 27.7. The third kappa shape index (κ3) is 4.51. The number of ether oxygens (including phenoxy) is 2. The highest BCUT2D eigenvalue weighted by Crippen LogP contribution is 2.64. The van der Waals surface area contributed by atoms with E-state index in [1.165, 1.54) is 25.3 Å². The summed E-state index contributed by atoms with van der Waals surface area (Å²) >= 11 is 12.6. The van der Waals surface area contributed by atoms with Gasteiger partial charge in [0.15, 0.2) is 0 Å². The van der Waals surface area contributed by atoms with Crippen molar-refractivity contribution in [1.82, 2.24) is 9.91 Å². The number of phenolic OH excluding ortho intramolecular Hbond substituents is 1. The summed E-state index contributed by atoms with van der Waals surface area (Å²) in [6.45, 7) is 0. The van der Waals surface area contributed by atoms with E-state index in [2.05, 4.69) is 5.43 Å². The molecule has 2 N–H and O–H groups in total. The molecule has 4 aliphatic rings. The molecule has 48 heavy (non-hydrogen) atoms. The maximum Gasteiger partial charge on any atom is 0.423 e. The number of carbonyl (C=O) groups is 5. The number of aromatic hydroxyl groups is 1. The van der Waals surface area contributed by atoms with Gasteiger partial charge in [-0.15, -0.1) is 0 Å². The van der Waals surface area contributed by atoms with Crippen LogP contribution in [0.25, 0.3) is 0 Å². The van der Waals surface area contributed by atoms with E-state index in [1.54, 1.807) is 48.5 Å². The number of rotatable bonds is 5. The summed E-state index contributed by atoms with van der Waals surface area (Å²) in [4.78, 5) is 70.1. The number of amides is 5. The van der Waals surface area contributed by atoms with Crippen LogP contribution in [0.15, 0.2) is 78.4 Å². The predicted molar refractivity (Wildman–Crippen MR) is 173 cm³/mol. The molecule has 3 fully saturated rings. The molecule has 2 heterocycles. The van der Waals surface area contributed by atoms with Crippen molar-refractivity contribution in [3.8, 4) is 11.5 Å². The Hall–Kier alpha value is -4.87. The van der Waals surface area contributed by atoms with Crippen molar-refractivity contribution in [3.63, 3.8) is 0 Å². The number of hydrazine groups is 1. The molecule has 6 atom stereocenters. The minimum Gasteiger partial charge on any atom is -0.508 e. The molecule has 11 nitrogen and oxygen atoms in total. The molecule has 1 saturated carbocycles. The number of hydrogen-bond acceptors (Lipinski definition) is 9. The van der Waals surface area contributed by atoms with E-state index < -0.39 is 64.7 Å². The van der Waals surface area contributed by atoms with Gasteiger partial charge in [0.05, 0.1) is 48.1 Å². The highest BCUT2D eigenvalue weighted by Gasteiger charge is 2.70. The van der Waals surface area contributed by atoms with E-state index in [1.807, 2.05) is 6.08 Å². The van der Waals surface area contributed by atoms with Crippen molar-refractivity contribution in [2.75, 3.05) is 19.6 Å². The molecule has 2 saturated heterocycles. The Labute approximate surface area is 285 Å². The molecular formula is C35H29Cl2N3O8. The van der Waals surface area contributed by atoms with Crippen LogP contribution in [-0.2, 0) is 29.3 Å². The number of anilines is 1. The molecule has 3 aromatic rings. The Kier molecular flexibility index (Phi) is 7.71. The number of halogens is 2. The van der Waals surface area contributed by atoms with Crippen LogP contribution >= 0.6 is 23.2 Å². The first-order chi connectivity index (χ1) is 23.0. The van der Waals surface area contributed by atoms with Gasteiger partial charge < -0.3 is 14.6 Å². The molecule has 7 rings (SSSR count). The number of imide groups is 4. The lowest BCUT2D eigenvalue weighted by Crippen LogP contribution is -2.53. The van der Waals surface area contributed by atoms with E-state index in [0.717, 1.165) is 12.1 Å². The van der Waals surface area contributed by atoms with Crippen LogP contribution in [0.3, 0.4) is 0 Å². The van der Waals surface area contributed by atoms with Crippen LogP contribution in [0.4, 0.5) is 10.5 Å². The number of fused-ring (bicyclic) bond motifs is 4. The summed E-state index contributed by atoms with van der Waals surface area (Å²) in [5.41, 5.74) is 3.49. The minimum absolute atomic E-state index is 0.00127. The average molecular weight is 691 g/mol. The first-order valence-corrected chi connectivity index (χ1v) is 16.0. The number of nitrogens with zero attached hydrogens (tertiary/aromatic N) is 2. The predicted octanol–water partition coefficient (Wildman–Crippen LogP) is 5.46. The molecule has 3 aromatic carbocycles. The Morgan fingerprint density at radius 2 is 1.62 bits per heavy atom. The van der Waals surface area contributed by atoms with Gasteiger partial charge in [-0.25, -0.2) is 4.79 Å². The highest BCUT2D eigenvalue weighted by molar-refractivity contribution is 6.36. The first kappa shape index (κ1) is 31.7. The van der Waals surface area contributed by atoms with Crippen molar-refractivity contribution in [2.24, 2.45) is 23.7 Å². The van der Waals surface area contributed by atoms with Crippen molar-refractivity contribution in [1.29, 1.82) is 0 Å². The number of nitrogens with one attached hydrogen (secondary N) is 1. The number of hydrogen-bond donors (Lipinski definition) is 2. The molecule has 6 unspecified atom stereocenters. The molecule has 2 aliphatic carbocycles. The van der Waals surface area contributed by atoms with Gasteiger partial charge in [-0.2, -0.15) is 9.91 Å². The van der Waals surface area contributed by atoms with Crippen molar-refractivity contribution >= 4 is 58.6 Å². The number of benzene rings is 3. The van der Waals surface area contributed by atoms with Crippen LogP contribution in [0.2, 0.25) is 10.0 Å². The first-order valence-electron chi connectivity index (χ1n) is 15.2. The monoisotopic (exact) mass is 689 g/mol. The Morgan fingerprint density at radius 1 is 0.917 bits per heavy atom. The zero-order valence-electron chi connectivity index (χ0n) is 25.7. The lowest BCUT2D eigenvalue weighted by molar-refractivity contribution is -0.140. The van der Waals surface area contributed by atoms with Gasteiger partial charge >= 0.3 is 6.09 Å². The van der Waals surface area contributed by atoms with Crippen LogP contribution in [0.1, 0.15) is 29.9 Å². The lowest BCUT2D eigenvalue weighted by Gasteiger charge is -2.50. The van der Waals surface area contributed by atoms with E-state index in [0.29, 0.717) is 32.4 Å². The van der Waals surface area contributed by atoms with Gasteiger partial charge in [0.25, 0.3) is 11.8 Å². The Balaban J connectivity index is 1.45. The maximum atomic E-state index is 15.1. The van der Waals surface area contributed by atoms with E-state index in [4.69, 9.17) is 32.7 Å². The summed E-state index contributed by atoms with van der Waals surface area (Å²) in [5.74, 6) is -6.27. The second kappa shape index (κ2) is 11.7. The van der Waals surface area contributed by atoms with Crippen LogP contribution < -0.4 is 10.2 Å². The van der Waals surface area contributed by atoms with Crippen molar-refractivity contribution in [3.05, 3.63) is 99.6 Å². The average Bonchev–Trinajstić information content (AvgIpc) is 3.47. The summed E-state index contributed by atoms with van der Waals surface area (Å²) in [5, 5.41) is 11.7. The van der Waals surface area contributed by atoms with Gasteiger partial charge in [-0.1, -0.05) is 59.1 Å². The third-order valence-corrected chi connectivity index (χ3v) is 10.7. The van der Waals surface area contributed by atoms with Gasteiger partial charge in [-0.3, -0.25) is 24.6 Å². The van der Waals surface area contributed by atoms with Crippen LogP contribution in [-0.4, -0.2) is 59.0 Å². The van der Waals surface area contributed by atoms with Crippen molar-refractivity contribution < 1.29 is 38.6 Å². The second-order valence-corrected chi connectivity index (χ2v) is 13.1. The smallest absolute Gasteiger partial charge is 0.423 e. The van der Waals surface area contributed by atoms with E-state index in [9.17, 15) is 24.3 Å². The summed E-state index contributed by atoms with van der Waals surface area (Å²) in [6.07, 6.45) is 0.956.